The van der Waals surface area contributed by atoms with E-state index < -0.39 is 0 Å². The normalized spacial score (nSPS) is 10.1. The average molecular weight is 296 g/mol. The predicted octanol–water partition coefficient (Wildman–Crippen LogP) is 3.57. The summed E-state index contributed by atoms with van der Waals surface area (Å²) in [6.07, 6.45) is 14.6. The van der Waals surface area contributed by atoms with Gasteiger partial charge in [-0.25, -0.2) is 0 Å². The first-order chi connectivity index (χ1) is 9.31. The Morgan fingerprint density at radius 3 is 1.75 bits per heavy atom. The van der Waals surface area contributed by atoms with E-state index in [4.69, 9.17) is 9.84 Å². The minimum atomic E-state index is -0.176. The molecule has 0 saturated heterocycles. The summed E-state index contributed by atoms with van der Waals surface area (Å²) in [6, 6.07) is 0. The molecule has 0 aromatic rings. The summed E-state index contributed by atoms with van der Waals surface area (Å²) in [7, 11) is 0. The van der Waals surface area contributed by atoms with Crippen LogP contribution >= 0.6 is 0 Å². The Kier molecular flexibility index (Phi) is 22.1. The van der Waals surface area contributed by atoms with Crippen molar-refractivity contribution in [2.45, 2.75) is 84.0 Å². The molecule has 0 fully saturated rings. The van der Waals surface area contributed by atoms with Gasteiger partial charge in [0.15, 0.2) is 0 Å². The van der Waals surface area contributed by atoms with Crippen molar-refractivity contribution in [3.8, 4) is 0 Å². The standard InChI is InChI=1S/C16H32O3.Na.H/c1-2-3-4-5-6-7-8-9-10-11-12-13-16(18)19-15-14-17;;/h17H,2-15H2,1H3;;. The molecule has 0 spiro atoms. The molecule has 0 saturated carbocycles. The van der Waals surface area contributed by atoms with Gasteiger partial charge in [-0.15, -0.1) is 0 Å². The first-order valence-corrected chi connectivity index (χ1v) is 8.07. The molecule has 1 N–H and O–H groups in total. The maximum atomic E-state index is 11.1. The van der Waals surface area contributed by atoms with E-state index in [0.717, 1.165) is 12.8 Å². The van der Waals surface area contributed by atoms with Gasteiger partial charge in [0.2, 0.25) is 0 Å². The van der Waals surface area contributed by atoms with E-state index in [0.29, 0.717) is 6.42 Å². The first kappa shape index (κ1) is 22.7. The molecule has 0 aliphatic heterocycles. The van der Waals surface area contributed by atoms with Gasteiger partial charge in [-0.3, -0.25) is 4.79 Å². The number of carbonyl (C=O) groups is 1. The Labute approximate surface area is 147 Å². The van der Waals surface area contributed by atoms with Gasteiger partial charge in [-0.1, -0.05) is 71.1 Å². The second-order valence-corrected chi connectivity index (χ2v) is 5.23. The number of ether oxygens (including phenoxy) is 1. The Hall–Kier alpha value is 0.430. The number of unbranched alkanes of at least 4 members (excludes halogenated alkanes) is 10. The summed E-state index contributed by atoms with van der Waals surface area (Å²) in [5, 5.41) is 8.50. The van der Waals surface area contributed by atoms with Crippen LogP contribution in [0.5, 0.6) is 0 Å². The maximum absolute atomic E-state index is 11.1. The van der Waals surface area contributed by atoms with Crippen molar-refractivity contribution < 1.29 is 14.6 Å². The molecule has 0 bridgehead atoms. The van der Waals surface area contributed by atoms with E-state index in [9.17, 15) is 4.79 Å². The Bertz CT molecular complexity index is 198. The van der Waals surface area contributed by atoms with Crippen molar-refractivity contribution in [1.82, 2.24) is 0 Å². The number of rotatable bonds is 14. The Morgan fingerprint density at radius 2 is 1.30 bits per heavy atom. The minimum absolute atomic E-state index is 0. The molecule has 0 atom stereocenters. The van der Waals surface area contributed by atoms with Crippen LogP contribution in [0.2, 0.25) is 0 Å². The molecule has 0 unspecified atom stereocenters. The molecule has 0 amide bonds. The molecule has 0 heterocycles. The number of esters is 1. The van der Waals surface area contributed by atoms with Crippen LogP contribution in [0.15, 0.2) is 0 Å². The van der Waals surface area contributed by atoms with Gasteiger partial charge in [0.05, 0.1) is 6.61 Å². The van der Waals surface area contributed by atoms with Crippen molar-refractivity contribution in [3.63, 3.8) is 0 Å². The number of aliphatic hydroxyl groups is 1. The molecular formula is C16H33NaO3. The molecule has 4 heteroatoms. The van der Waals surface area contributed by atoms with Crippen molar-refractivity contribution in [3.05, 3.63) is 0 Å². The topological polar surface area (TPSA) is 46.5 Å². The van der Waals surface area contributed by atoms with Crippen LogP contribution < -0.4 is 0 Å². The van der Waals surface area contributed by atoms with Gasteiger partial charge < -0.3 is 9.84 Å². The second kappa shape index (κ2) is 19.4. The zero-order valence-corrected chi connectivity index (χ0v) is 12.7. The monoisotopic (exact) mass is 296 g/mol. The molecule has 0 aliphatic carbocycles. The second-order valence-electron chi connectivity index (χ2n) is 5.23. The number of hydrogen-bond acceptors (Lipinski definition) is 3. The molecule has 0 rings (SSSR count). The van der Waals surface area contributed by atoms with E-state index in [1.807, 2.05) is 0 Å². The van der Waals surface area contributed by atoms with Crippen LogP contribution in [-0.4, -0.2) is 53.8 Å². The molecule has 0 aliphatic rings. The zero-order chi connectivity index (χ0) is 14.2. The summed E-state index contributed by atoms with van der Waals surface area (Å²) in [4.78, 5) is 11.1. The van der Waals surface area contributed by atoms with Gasteiger partial charge in [0, 0.05) is 6.42 Å². The van der Waals surface area contributed by atoms with Gasteiger partial charge in [0.25, 0.3) is 0 Å². The van der Waals surface area contributed by atoms with E-state index in [1.54, 1.807) is 0 Å². The molecular weight excluding hydrogens is 263 g/mol. The summed E-state index contributed by atoms with van der Waals surface area (Å²) in [6.45, 7) is 2.31. The summed E-state index contributed by atoms with van der Waals surface area (Å²) in [5.74, 6) is -0.176. The molecule has 0 radical (unpaired) electrons. The molecule has 0 aromatic heterocycles. The van der Waals surface area contributed by atoms with E-state index in [1.165, 1.54) is 57.8 Å². The average Bonchev–Trinajstić information content (AvgIpc) is 2.42. The Morgan fingerprint density at radius 1 is 0.850 bits per heavy atom. The van der Waals surface area contributed by atoms with Crippen molar-refractivity contribution in [2.24, 2.45) is 0 Å². The molecule has 3 nitrogen and oxygen atoms in total. The van der Waals surface area contributed by atoms with Crippen LogP contribution in [0.25, 0.3) is 0 Å². The molecule has 20 heavy (non-hydrogen) atoms. The van der Waals surface area contributed by atoms with E-state index in [2.05, 4.69) is 6.92 Å². The fourth-order valence-corrected chi connectivity index (χ4v) is 2.17. The van der Waals surface area contributed by atoms with Crippen LogP contribution in [0.3, 0.4) is 0 Å². The summed E-state index contributed by atoms with van der Waals surface area (Å²) < 4.78 is 4.79. The van der Waals surface area contributed by atoms with Crippen LogP contribution in [0.4, 0.5) is 0 Å². The van der Waals surface area contributed by atoms with Gasteiger partial charge in [-0.05, 0) is 6.42 Å². The van der Waals surface area contributed by atoms with Crippen molar-refractivity contribution in [1.29, 1.82) is 0 Å². The SMILES string of the molecule is CCCCCCCCCCCCCC(=O)OCCO.[NaH]. The first-order valence-electron chi connectivity index (χ1n) is 8.07. The quantitative estimate of drug-likeness (QED) is 0.303. The fraction of sp³-hybridized carbons (Fsp3) is 0.938. The van der Waals surface area contributed by atoms with E-state index in [-0.39, 0.29) is 48.7 Å². The zero-order valence-electron chi connectivity index (χ0n) is 12.7. The number of hydrogen-bond donors (Lipinski definition) is 1. The van der Waals surface area contributed by atoms with Gasteiger partial charge in [-0.2, -0.15) is 0 Å². The summed E-state index contributed by atoms with van der Waals surface area (Å²) in [5.41, 5.74) is 0. The van der Waals surface area contributed by atoms with E-state index >= 15 is 0 Å². The fourth-order valence-electron chi connectivity index (χ4n) is 2.17. The van der Waals surface area contributed by atoms with Crippen molar-refractivity contribution in [2.75, 3.05) is 13.2 Å². The van der Waals surface area contributed by atoms with Crippen LogP contribution in [0, 0.1) is 0 Å². The van der Waals surface area contributed by atoms with Gasteiger partial charge in [0.1, 0.15) is 6.61 Å². The number of carbonyl (C=O) groups excluding carboxylic acids is 1. The summed E-state index contributed by atoms with van der Waals surface area (Å²) >= 11 is 0. The van der Waals surface area contributed by atoms with Crippen molar-refractivity contribution >= 4 is 35.5 Å². The van der Waals surface area contributed by atoms with Crippen LogP contribution in [0.1, 0.15) is 84.0 Å². The third-order valence-electron chi connectivity index (χ3n) is 3.34. The third kappa shape index (κ3) is 18.4. The Balaban J connectivity index is 0. The molecule has 0 aromatic carbocycles. The number of aliphatic hydroxyl groups excluding tert-OH is 1. The molecule has 116 valence electrons. The third-order valence-corrected chi connectivity index (χ3v) is 3.34. The predicted molar refractivity (Wildman–Crippen MR) is 86.3 cm³/mol. The van der Waals surface area contributed by atoms with Gasteiger partial charge >= 0.3 is 35.5 Å². The van der Waals surface area contributed by atoms with Crippen LogP contribution in [-0.2, 0) is 9.53 Å².